The molecule has 6 heteroatoms. The van der Waals surface area contributed by atoms with E-state index < -0.39 is 0 Å². The third-order valence-corrected chi connectivity index (χ3v) is 4.02. The van der Waals surface area contributed by atoms with Crippen molar-refractivity contribution in [3.05, 3.63) is 58.6 Å². The molecule has 0 atom stereocenters. The van der Waals surface area contributed by atoms with Crippen molar-refractivity contribution in [2.75, 3.05) is 26.0 Å². The largest absolute Gasteiger partial charge is 0.484 e. The maximum atomic E-state index is 12.0. The Morgan fingerprint density at radius 2 is 1.80 bits per heavy atom. The van der Waals surface area contributed by atoms with E-state index in [0.717, 1.165) is 11.1 Å². The highest BCUT2D eigenvalue weighted by atomic mass is 35.5. The maximum Gasteiger partial charge on any atom is 0.262 e. The van der Waals surface area contributed by atoms with E-state index in [0.29, 0.717) is 22.9 Å². The number of anilines is 1. The van der Waals surface area contributed by atoms with Crippen LogP contribution in [0.4, 0.5) is 5.69 Å². The van der Waals surface area contributed by atoms with Gasteiger partial charge in [-0.2, -0.15) is 0 Å². The van der Waals surface area contributed by atoms with Gasteiger partial charge in [0.2, 0.25) is 5.91 Å². The fraction of sp³-hybridized carbons (Fsp3) is 0.263. The second-order valence-corrected chi connectivity index (χ2v) is 6.32. The Balaban J connectivity index is 1.85. The van der Waals surface area contributed by atoms with Gasteiger partial charge in [-0.15, -0.1) is 0 Å². The zero-order valence-electron chi connectivity index (χ0n) is 14.5. The first kappa shape index (κ1) is 18.8. The molecule has 2 rings (SSSR count). The lowest BCUT2D eigenvalue weighted by molar-refractivity contribution is -0.128. The van der Waals surface area contributed by atoms with Gasteiger partial charge in [0.05, 0.1) is 6.42 Å². The quantitative estimate of drug-likeness (QED) is 0.859. The zero-order chi connectivity index (χ0) is 18.4. The summed E-state index contributed by atoms with van der Waals surface area (Å²) in [6.07, 6.45) is 0.334. The minimum Gasteiger partial charge on any atom is -0.484 e. The number of halogens is 1. The predicted molar refractivity (Wildman–Crippen MR) is 99.2 cm³/mol. The summed E-state index contributed by atoms with van der Waals surface area (Å²) in [5.41, 5.74) is 2.44. The number of nitrogens with one attached hydrogen (secondary N) is 1. The van der Waals surface area contributed by atoms with E-state index in [1.807, 2.05) is 19.1 Å². The molecule has 5 nitrogen and oxygen atoms in total. The molecule has 0 unspecified atom stereocenters. The Kier molecular flexibility index (Phi) is 6.42. The number of aryl methyl sites for hydroxylation is 1. The van der Waals surface area contributed by atoms with Crippen molar-refractivity contribution in [2.24, 2.45) is 0 Å². The van der Waals surface area contributed by atoms with Gasteiger partial charge in [-0.25, -0.2) is 0 Å². The Bertz CT molecular complexity index is 758. The first-order valence-electron chi connectivity index (χ1n) is 7.83. The predicted octanol–water partition coefficient (Wildman–Crippen LogP) is 3.30. The van der Waals surface area contributed by atoms with Crippen LogP contribution in [0.2, 0.25) is 5.02 Å². The van der Waals surface area contributed by atoms with Crippen LogP contribution in [-0.4, -0.2) is 37.4 Å². The summed E-state index contributed by atoms with van der Waals surface area (Å²) in [5, 5.41) is 3.41. The highest BCUT2D eigenvalue weighted by molar-refractivity contribution is 6.31. The maximum absolute atomic E-state index is 12.0. The van der Waals surface area contributed by atoms with Gasteiger partial charge in [-0.1, -0.05) is 23.7 Å². The van der Waals surface area contributed by atoms with Crippen LogP contribution in [0.15, 0.2) is 42.5 Å². The molecule has 2 aromatic rings. The molecule has 1 N–H and O–H groups in total. The van der Waals surface area contributed by atoms with Crippen molar-refractivity contribution in [2.45, 2.75) is 13.3 Å². The summed E-state index contributed by atoms with van der Waals surface area (Å²) >= 11 is 5.95. The molecule has 0 saturated heterocycles. The summed E-state index contributed by atoms with van der Waals surface area (Å²) in [5.74, 6) is 0.364. The average molecular weight is 361 g/mol. The van der Waals surface area contributed by atoms with Crippen molar-refractivity contribution in [1.29, 1.82) is 0 Å². The van der Waals surface area contributed by atoms with Crippen LogP contribution in [0.5, 0.6) is 5.75 Å². The molecule has 0 aliphatic carbocycles. The minimum atomic E-state index is -0.260. The Labute approximate surface area is 152 Å². The van der Waals surface area contributed by atoms with Crippen LogP contribution in [0, 0.1) is 6.92 Å². The third kappa shape index (κ3) is 5.80. The average Bonchev–Trinajstić information content (AvgIpc) is 2.57. The number of ether oxygens (including phenoxy) is 1. The first-order valence-corrected chi connectivity index (χ1v) is 8.21. The monoisotopic (exact) mass is 360 g/mol. The number of likely N-dealkylation sites (N-methyl/N-ethyl adjacent to an activating group) is 1. The van der Waals surface area contributed by atoms with E-state index >= 15 is 0 Å². The number of nitrogens with zero attached hydrogens (tertiary/aromatic N) is 1. The highest BCUT2D eigenvalue weighted by Gasteiger charge is 2.07. The smallest absolute Gasteiger partial charge is 0.262 e. The molecule has 0 bridgehead atoms. The van der Waals surface area contributed by atoms with Gasteiger partial charge in [-0.3, -0.25) is 9.59 Å². The van der Waals surface area contributed by atoms with Gasteiger partial charge in [0.25, 0.3) is 5.91 Å². The summed E-state index contributed by atoms with van der Waals surface area (Å²) in [7, 11) is 3.44. The zero-order valence-corrected chi connectivity index (χ0v) is 15.3. The van der Waals surface area contributed by atoms with E-state index in [-0.39, 0.29) is 18.4 Å². The van der Waals surface area contributed by atoms with Crippen LogP contribution in [0.3, 0.4) is 0 Å². The molecule has 25 heavy (non-hydrogen) atoms. The molecule has 0 aliphatic rings. The van der Waals surface area contributed by atoms with Gasteiger partial charge >= 0.3 is 0 Å². The third-order valence-electron chi connectivity index (χ3n) is 3.59. The van der Waals surface area contributed by atoms with E-state index in [4.69, 9.17) is 16.3 Å². The number of amides is 2. The van der Waals surface area contributed by atoms with Gasteiger partial charge in [-0.05, 0) is 48.4 Å². The lowest BCUT2D eigenvalue weighted by atomic mass is 10.1. The Morgan fingerprint density at radius 1 is 1.12 bits per heavy atom. The SMILES string of the molecule is Cc1cc(OCC(=O)Nc2ccc(CC(=O)N(C)C)cc2)ccc1Cl. The van der Waals surface area contributed by atoms with Crippen molar-refractivity contribution in [1.82, 2.24) is 4.90 Å². The van der Waals surface area contributed by atoms with Crippen molar-refractivity contribution >= 4 is 29.1 Å². The topological polar surface area (TPSA) is 58.6 Å². The lowest BCUT2D eigenvalue weighted by Crippen LogP contribution is -2.23. The van der Waals surface area contributed by atoms with Crippen molar-refractivity contribution in [3.63, 3.8) is 0 Å². The molecule has 0 spiro atoms. The van der Waals surface area contributed by atoms with Crippen LogP contribution >= 0.6 is 11.6 Å². The van der Waals surface area contributed by atoms with Crippen LogP contribution < -0.4 is 10.1 Å². The summed E-state index contributed by atoms with van der Waals surface area (Å²) < 4.78 is 5.46. The Hall–Kier alpha value is -2.53. The van der Waals surface area contributed by atoms with Crippen LogP contribution in [-0.2, 0) is 16.0 Å². The molecular formula is C19H21ClN2O3. The number of carbonyl (C=O) groups is 2. The standard InChI is InChI=1S/C19H21ClN2O3/c1-13-10-16(8-9-17(13)20)25-12-18(23)21-15-6-4-14(5-7-15)11-19(24)22(2)3/h4-10H,11-12H2,1-3H3,(H,21,23). The molecule has 0 aromatic heterocycles. The number of hydrogen-bond donors (Lipinski definition) is 1. The van der Waals surface area contributed by atoms with Crippen molar-refractivity contribution in [3.8, 4) is 5.75 Å². The van der Waals surface area contributed by atoms with E-state index in [2.05, 4.69) is 5.32 Å². The van der Waals surface area contributed by atoms with E-state index in [9.17, 15) is 9.59 Å². The minimum absolute atomic E-state index is 0.0310. The second-order valence-electron chi connectivity index (χ2n) is 5.91. The van der Waals surface area contributed by atoms with Crippen molar-refractivity contribution < 1.29 is 14.3 Å². The second kappa shape index (κ2) is 8.53. The molecule has 0 radical (unpaired) electrons. The fourth-order valence-corrected chi connectivity index (χ4v) is 2.21. The summed E-state index contributed by atoms with van der Waals surface area (Å²) in [4.78, 5) is 25.2. The molecule has 0 saturated carbocycles. The molecular weight excluding hydrogens is 340 g/mol. The molecule has 132 valence electrons. The van der Waals surface area contributed by atoms with Crippen LogP contribution in [0.1, 0.15) is 11.1 Å². The van der Waals surface area contributed by atoms with Gasteiger partial charge in [0.1, 0.15) is 5.75 Å². The van der Waals surface area contributed by atoms with Crippen LogP contribution in [0.25, 0.3) is 0 Å². The van der Waals surface area contributed by atoms with Gasteiger partial charge < -0.3 is 15.0 Å². The lowest BCUT2D eigenvalue weighted by Gasteiger charge is -2.11. The fourth-order valence-electron chi connectivity index (χ4n) is 2.09. The summed E-state index contributed by atoms with van der Waals surface area (Å²) in [6, 6.07) is 12.4. The van der Waals surface area contributed by atoms with E-state index in [1.165, 1.54) is 0 Å². The number of benzene rings is 2. The summed E-state index contributed by atoms with van der Waals surface area (Å²) in [6.45, 7) is 1.78. The molecule has 2 amide bonds. The van der Waals surface area contributed by atoms with E-state index in [1.54, 1.807) is 49.3 Å². The number of carbonyl (C=O) groups excluding carboxylic acids is 2. The molecule has 0 aliphatic heterocycles. The number of hydrogen-bond acceptors (Lipinski definition) is 3. The van der Waals surface area contributed by atoms with Gasteiger partial charge in [0.15, 0.2) is 6.61 Å². The first-order chi connectivity index (χ1) is 11.8. The molecule has 0 heterocycles. The molecule has 0 fully saturated rings. The Morgan fingerprint density at radius 3 is 2.40 bits per heavy atom. The highest BCUT2D eigenvalue weighted by Crippen LogP contribution is 2.21. The number of rotatable bonds is 6. The normalized spacial score (nSPS) is 10.2. The molecule has 2 aromatic carbocycles. The van der Waals surface area contributed by atoms with Gasteiger partial charge in [0, 0.05) is 24.8 Å².